The van der Waals surface area contributed by atoms with Crippen molar-refractivity contribution in [1.29, 1.82) is 0 Å². The summed E-state index contributed by atoms with van der Waals surface area (Å²) in [5, 5.41) is 7.91. The van der Waals surface area contributed by atoms with Crippen molar-refractivity contribution in [3.05, 3.63) is 58.2 Å². The first kappa shape index (κ1) is 21.0. The molecule has 1 saturated heterocycles. The Balaban J connectivity index is 1.44. The lowest BCUT2D eigenvalue weighted by molar-refractivity contribution is -0.121. The molecule has 1 unspecified atom stereocenters. The number of thiophene rings is 1. The number of likely N-dealkylation sites (N-methyl/N-ethyl adjacent to an activating group) is 1. The van der Waals surface area contributed by atoms with Crippen LogP contribution < -0.4 is 10.2 Å². The van der Waals surface area contributed by atoms with E-state index in [1.807, 2.05) is 35.9 Å². The van der Waals surface area contributed by atoms with Gasteiger partial charge in [-0.05, 0) is 43.6 Å². The van der Waals surface area contributed by atoms with Gasteiger partial charge in [-0.25, -0.2) is 9.37 Å². The van der Waals surface area contributed by atoms with Gasteiger partial charge in [-0.3, -0.25) is 4.79 Å². The Morgan fingerprint density at radius 2 is 2.03 bits per heavy atom. The Hall–Kier alpha value is -2.29. The highest BCUT2D eigenvalue weighted by atomic mass is 32.1. The quantitative estimate of drug-likeness (QED) is 0.620. The van der Waals surface area contributed by atoms with E-state index in [1.165, 1.54) is 12.1 Å². The Morgan fingerprint density at radius 3 is 2.77 bits per heavy atom. The Labute approximate surface area is 184 Å². The van der Waals surface area contributed by atoms with Gasteiger partial charge in [0.15, 0.2) is 0 Å². The van der Waals surface area contributed by atoms with Crippen molar-refractivity contribution in [2.75, 3.05) is 38.1 Å². The third-order valence-electron chi connectivity index (χ3n) is 5.30. The van der Waals surface area contributed by atoms with Crippen LogP contribution in [0, 0.1) is 5.82 Å². The molecule has 5 nitrogen and oxygen atoms in total. The highest BCUT2D eigenvalue weighted by Crippen LogP contribution is 2.29. The van der Waals surface area contributed by atoms with Gasteiger partial charge in [0.05, 0.1) is 23.0 Å². The maximum absolute atomic E-state index is 14.0. The van der Waals surface area contributed by atoms with Crippen molar-refractivity contribution in [3.8, 4) is 9.88 Å². The Kier molecular flexibility index (Phi) is 6.46. The van der Waals surface area contributed by atoms with Crippen LogP contribution in [-0.2, 0) is 11.2 Å². The lowest BCUT2D eigenvalue weighted by atomic mass is 10.0. The molecule has 0 aliphatic carbocycles. The molecule has 2 aromatic heterocycles. The summed E-state index contributed by atoms with van der Waals surface area (Å²) in [6.07, 6.45) is 0.214. The third-order valence-corrected chi connectivity index (χ3v) is 7.23. The van der Waals surface area contributed by atoms with Gasteiger partial charge in [-0.15, -0.1) is 22.7 Å². The van der Waals surface area contributed by atoms with E-state index in [9.17, 15) is 9.18 Å². The van der Waals surface area contributed by atoms with E-state index in [0.29, 0.717) is 0 Å². The van der Waals surface area contributed by atoms with Crippen LogP contribution in [-0.4, -0.2) is 49.0 Å². The largest absolute Gasteiger partial charge is 0.369 e. The number of rotatable bonds is 6. The van der Waals surface area contributed by atoms with E-state index in [1.54, 1.807) is 22.7 Å². The second kappa shape index (κ2) is 9.24. The number of piperazine rings is 1. The van der Waals surface area contributed by atoms with Crippen LogP contribution in [0.5, 0.6) is 0 Å². The Bertz CT molecular complexity index is 996. The standard InChI is InChI=1S/C22H25FN4OS2/c1-15(18-12-16(23)5-6-19(18)27-9-7-26(2)8-10-27)24-21(28)13-17-14-30-22(25-17)20-4-3-11-29-20/h3-6,11-12,14-15H,7-10,13H2,1-2H3,(H,24,28). The zero-order chi connectivity index (χ0) is 21.1. The fourth-order valence-corrected chi connectivity index (χ4v) is 5.28. The summed E-state index contributed by atoms with van der Waals surface area (Å²) in [6, 6.07) is 8.58. The van der Waals surface area contributed by atoms with Crippen LogP contribution in [0.2, 0.25) is 0 Å². The average molecular weight is 445 g/mol. The number of nitrogens with zero attached hydrogens (tertiary/aromatic N) is 3. The number of anilines is 1. The molecular weight excluding hydrogens is 419 g/mol. The topological polar surface area (TPSA) is 48.5 Å². The molecule has 8 heteroatoms. The minimum Gasteiger partial charge on any atom is -0.369 e. The molecule has 1 aliphatic rings. The van der Waals surface area contributed by atoms with Gasteiger partial charge in [-0.1, -0.05) is 6.07 Å². The molecule has 0 radical (unpaired) electrons. The fourth-order valence-electron chi connectivity index (χ4n) is 3.64. The van der Waals surface area contributed by atoms with Gasteiger partial charge in [0.25, 0.3) is 0 Å². The van der Waals surface area contributed by atoms with Crippen LogP contribution >= 0.6 is 22.7 Å². The minimum atomic E-state index is -0.293. The summed E-state index contributed by atoms with van der Waals surface area (Å²) < 4.78 is 14.0. The molecule has 0 bridgehead atoms. The van der Waals surface area contributed by atoms with Crippen LogP contribution in [0.25, 0.3) is 9.88 Å². The molecule has 1 amide bonds. The number of halogens is 1. The van der Waals surface area contributed by atoms with E-state index >= 15 is 0 Å². The van der Waals surface area contributed by atoms with E-state index in [2.05, 4.69) is 27.1 Å². The van der Waals surface area contributed by atoms with Crippen LogP contribution in [0.4, 0.5) is 10.1 Å². The summed E-state index contributed by atoms with van der Waals surface area (Å²) in [7, 11) is 2.11. The molecule has 158 valence electrons. The first-order chi connectivity index (χ1) is 14.5. The van der Waals surface area contributed by atoms with Gasteiger partial charge in [0.1, 0.15) is 10.8 Å². The van der Waals surface area contributed by atoms with Crippen LogP contribution in [0.15, 0.2) is 41.1 Å². The van der Waals surface area contributed by atoms with Crippen molar-refractivity contribution in [2.45, 2.75) is 19.4 Å². The summed E-state index contributed by atoms with van der Waals surface area (Å²) in [6.45, 7) is 5.62. The molecule has 1 aliphatic heterocycles. The molecular formula is C22H25FN4OS2. The number of amides is 1. The zero-order valence-electron chi connectivity index (χ0n) is 17.1. The molecule has 1 fully saturated rings. The Morgan fingerprint density at radius 1 is 1.23 bits per heavy atom. The van der Waals surface area contributed by atoms with Gasteiger partial charge in [0, 0.05) is 42.8 Å². The minimum absolute atomic E-state index is 0.112. The maximum atomic E-state index is 14.0. The predicted molar refractivity (Wildman–Crippen MR) is 122 cm³/mol. The molecule has 4 rings (SSSR count). The molecule has 1 atom stereocenters. The van der Waals surface area contributed by atoms with Crippen LogP contribution in [0.3, 0.4) is 0 Å². The third kappa shape index (κ3) is 4.88. The molecule has 30 heavy (non-hydrogen) atoms. The van der Waals surface area contributed by atoms with Gasteiger partial charge >= 0.3 is 0 Å². The predicted octanol–water partition coefficient (Wildman–Crippen LogP) is 4.18. The molecule has 3 aromatic rings. The summed E-state index contributed by atoms with van der Waals surface area (Å²) in [5.74, 6) is -0.400. The number of carbonyl (C=O) groups is 1. The second-order valence-corrected chi connectivity index (χ2v) is 9.39. The summed E-state index contributed by atoms with van der Waals surface area (Å²) >= 11 is 3.18. The highest BCUT2D eigenvalue weighted by Gasteiger charge is 2.21. The van der Waals surface area contributed by atoms with E-state index in [4.69, 9.17) is 0 Å². The fraction of sp³-hybridized carbons (Fsp3) is 0.364. The van der Waals surface area contributed by atoms with Crippen molar-refractivity contribution < 1.29 is 9.18 Å². The molecule has 0 spiro atoms. The van der Waals surface area contributed by atoms with E-state index < -0.39 is 0 Å². The van der Waals surface area contributed by atoms with E-state index in [-0.39, 0.29) is 24.2 Å². The SMILES string of the molecule is CC(NC(=O)Cc1csc(-c2cccs2)n1)c1cc(F)ccc1N1CCN(C)CC1. The average Bonchev–Trinajstić information content (AvgIpc) is 3.40. The van der Waals surface area contributed by atoms with Crippen LogP contribution in [0.1, 0.15) is 24.2 Å². The first-order valence-corrected chi connectivity index (χ1v) is 11.8. The number of hydrogen-bond donors (Lipinski definition) is 1. The molecule has 0 saturated carbocycles. The van der Waals surface area contributed by atoms with Gasteiger partial charge in [-0.2, -0.15) is 0 Å². The van der Waals surface area contributed by atoms with Gasteiger partial charge in [0.2, 0.25) is 5.91 Å². The summed E-state index contributed by atoms with van der Waals surface area (Å²) in [5.41, 5.74) is 2.56. The summed E-state index contributed by atoms with van der Waals surface area (Å²) in [4.78, 5) is 22.9. The highest BCUT2D eigenvalue weighted by molar-refractivity contribution is 7.20. The first-order valence-electron chi connectivity index (χ1n) is 10.00. The van der Waals surface area contributed by atoms with Crippen molar-refractivity contribution >= 4 is 34.3 Å². The van der Waals surface area contributed by atoms with Crippen molar-refractivity contribution in [3.63, 3.8) is 0 Å². The maximum Gasteiger partial charge on any atom is 0.226 e. The number of aromatic nitrogens is 1. The number of thiazole rings is 1. The lowest BCUT2D eigenvalue weighted by Gasteiger charge is -2.36. The monoisotopic (exact) mass is 444 g/mol. The number of carbonyl (C=O) groups excluding carboxylic acids is 1. The molecule has 1 N–H and O–H groups in total. The number of hydrogen-bond acceptors (Lipinski definition) is 6. The van der Waals surface area contributed by atoms with Crippen molar-refractivity contribution in [1.82, 2.24) is 15.2 Å². The lowest BCUT2D eigenvalue weighted by Crippen LogP contribution is -2.45. The van der Waals surface area contributed by atoms with E-state index in [0.717, 1.165) is 53.0 Å². The number of benzene rings is 1. The second-order valence-electron chi connectivity index (χ2n) is 7.58. The molecule has 3 heterocycles. The number of nitrogens with one attached hydrogen (secondary N) is 1. The normalized spacial score (nSPS) is 15.9. The van der Waals surface area contributed by atoms with Crippen molar-refractivity contribution in [2.24, 2.45) is 0 Å². The molecule has 1 aromatic carbocycles. The van der Waals surface area contributed by atoms with Gasteiger partial charge < -0.3 is 15.1 Å². The smallest absolute Gasteiger partial charge is 0.226 e. The zero-order valence-corrected chi connectivity index (χ0v) is 18.7.